The third kappa shape index (κ3) is 3.49. The average molecular weight is 336 g/mol. The Bertz CT molecular complexity index is 801. The molecule has 0 aliphatic rings. The van der Waals surface area contributed by atoms with Gasteiger partial charge in [0.25, 0.3) is 0 Å². The van der Waals surface area contributed by atoms with Crippen molar-refractivity contribution in [3.63, 3.8) is 0 Å². The van der Waals surface area contributed by atoms with E-state index >= 15 is 0 Å². The summed E-state index contributed by atoms with van der Waals surface area (Å²) in [5.74, 6) is 0.657. The van der Waals surface area contributed by atoms with Crippen LogP contribution >= 0.6 is 0 Å². The molecule has 0 aliphatic carbocycles. The van der Waals surface area contributed by atoms with Gasteiger partial charge in [0, 0.05) is 24.4 Å². The maximum absolute atomic E-state index is 13.0. The molecule has 0 bridgehead atoms. The van der Waals surface area contributed by atoms with Gasteiger partial charge < -0.3 is 10.5 Å². The monoisotopic (exact) mass is 336 g/mol. The Labute approximate surface area is 138 Å². The standard InChI is InChI=1S/C17H24N2O3S/c1-17(2,11-18)12-19(3)23(20,21)16-10-9-15(22-4)13-7-5-6-8-14(13)16/h5-10H,11-12,18H2,1-4H3. The van der Waals surface area contributed by atoms with E-state index in [4.69, 9.17) is 10.5 Å². The number of rotatable bonds is 6. The molecular weight excluding hydrogens is 312 g/mol. The lowest BCUT2D eigenvalue weighted by Gasteiger charge is -2.28. The van der Waals surface area contributed by atoms with Crippen LogP contribution in [0.5, 0.6) is 5.75 Å². The first-order chi connectivity index (χ1) is 10.7. The molecule has 0 amide bonds. The summed E-state index contributed by atoms with van der Waals surface area (Å²) < 4.78 is 32.7. The Morgan fingerprint density at radius 1 is 1.13 bits per heavy atom. The highest BCUT2D eigenvalue weighted by Crippen LogP contribution is 2.32. The average Bonchev–Trinajstić information content (AvgIpc) is 2.53. The van der Waals surface area contributed by atoms with Crippen LogP contribution in [0.2, 0.25) is 0 Å². The fourth-order valence-corrected chi connectivity index (χ4v) is 4.12. The van der Waals surface area contributed by atoms with E-state index in [0.717, 1.165) is 5.39 Å². The lowest BCUT2D eigenvalue weighted by atomic mass is 9.94. The summed E-state index contributed by atoms with van der Waals surface area (Å²) in [4.78, 5) is 0.282. The molecule has 2 N–H and O–H groups in total. The summed E-state index contributed by atoms with van der Waals surface area (Å²) >= 11 is 0. The van der Waals surface area contributed by atoms with Crippen LogP contribution in [-0.2, 0) is 10.0 Å². The zero-order valence-electron chi connectivity index (χ0n) is 14.0. The fraction of sp³-hybridized carbons (Fsp3) is 0.412. The summed E-state index contributed by atoms with van der Waals surface area (Å²) in [6, 6.07) is 10.6. The molecule has 0 saturated carbocycles. The van der Waals surface area contributed by atoms with Gasteiger partial charge in [0.1, 0.15) is 5.75 Å². The smallest absolute Gasteiger partial charge is 0.243 e. The predicted octanol–water partition coefficient (Wildman–Crippen LogP) is 2.45. The molecule has 6 heteroatoms. The van der Waals surface area contributed by atoms with Crippen molar-refractivity contribution in [3.8, 4) is 5.75 Å². The van der Waals surface area contributed by atoms with Crippen LogP contribution < -0.4 is 10.5 Å². The van der Waals surface area contributed by atoms with Crippen molar-refractivity contribution in [1.29, 1.82) is 0 Å². The largest absolute Gasteiger partial charge is 0.496 e. The first-order valence-corrected chi connectivity index (χ1v) is 8.89. The number of hydrogen-bond donors (Lipinski definition) is 1. The number of fused-ring (bicyclic) bond motifs is 1. The molecule has 2 aromatic carbocycles. The molecule has 126 valence electrons. The molecule has 0 atom stereocenters. The van der Waals surface area contributed by atoms with Gasteiger partial charge in [0.15, 0.2) is 0 Å². The highest BCUT2D eigenvalue weighted by atomic mass is 32.2. The fourth-order valence-electron chi connectivity index (χ4n) is 2.57. The summed E-state index contributed by atoms with van der Waals surface area (Å²) in [6.45, 7) is 4.67. The molecule has 23 heavy (non-hydrogen) atoms. The van der Waals surface area contributed by atoms with E-state index in [9.17, 15) is 8.42 Å². The van der Waals surface area contributed by atoms with E-state index in [0.29, 0.717) is 24.2 Å². The summed E-state index contributed by atoms with van der Waals surface area (Å²) in [6.07, 6.45) is 0. The van der Waals surface area contributed by atoms with E-state index in [1.807, 2.05) is 32.0 Å². The number of sulfonamides is 1. The van der Waals surface area contributed by atoms with E-state index < -0.39 is 10.0 Å². The van der Waals surface area contributed by atoms with Crippen molar-refractivity contribution < 1.29 is 13.2 Å². The van der Waals surface area contributed by atoms with Crippen LogP contribution in [0.25, 0.3) is 10.8 Å². The second-order valence-corrected chi connectivity index (χ2v) is 8.45. The molecule has 0 aliphatic heterocycles. The number of nitrogens with two attached hydrogens (primary N) is 1. The van der Waals surface area contributed by atoms with Gasteiger partial charge in [-0.3, -0.25) is 0 Å². The highest BCUT2D eigenvalue weighted by Gasteiger charge is 2.28. The minimum absolute atomic E-state index is 0.282. The highest BCUT2D eigenvalue weighted by molar-refractivity contribution is 7.89. The molecule has 0 heterocycles. The number of nitrogens with zero attached hydrogens (tertiary/aromatic N) is 1. The molecule has 2 aromatic rings. The van der Waals surface area contributed by atoms with Gasteiger partial charge in [-0.2, -0.15) is 0 Å². The minimum atomic E-state index is -3.61. The Kier molecular flexibility index (Phi) is 4.98. The van der Waals surface area contributed by atoms with Gasteiger partial charge in [-0.25, -0.2) is 12.7 Å². The van der Waals surface area contributed by atoms with Crippen molar-refractivity contribution in [1.82, 2.24) is 4.31 Å². The van der Waals surface area contributed by atoms with Crippen molar-refractivity contribution in [3.05, 3.63) is 36.4 Å². The Morgan fingerprint density at radius 3 is 2.30 bits per heavy atom. The maximum Gasteiger partial charge on any atom is 0.243 e. The lowest BCUT2D eigenvalue weighted by Crippen LogP contribution is -2.39. The number of methoxy groups -OCH3 is 1. The van der Waals surface area contributed by atoms with E-state index in [2.05, 4.69) is 0 Å². The first-order valence-electron chi connectivity index (χ1n) is 7.45. The lowest BCUT2D eigenvalue weighted by molar-refractivity contribution is 0.292. The molecule has 0 aromatic heterocycles. The summed E-state index contributed by atoms with van der Waals surface area (Å²) in [5, 5.41) is 1.44. The van der Waals surface area contributed by atoms with Crippen LogP contribution in [-0.4, -0.2) is 40.0 Å². The molecule has 5 nitrogen and oxygen atoms in total. The van der Waals surface area contributed by atoms with Crippen LogP contribution in [0.1, 0.15) is 13.8 Å². The van der Waals surface area contributed by atoms with Crippen molar-refractivity contribution >= 4 is 20.8 Å². The van der Waals surface area contributed by atoms with Crippen molar-refractivity contribution in [2.24, 2.45) is 11.1 Å². The zero-order chi connectivity index (χ0) is 17.3. The number of benzene rings is 2. The molecule has 0 saturated heterocycles. The topological polar surface area (TPSA) is 72.6 Å². The van der Waals surface area contributed by atoms with Gasteiger partial charge in [-0.05, 0) is 24.1 Å². The molecular formula is C17H24N2O3S. The van der Waals surface area contributed by atoms with Gasteiger partial charge in [0.05, 0.1) is 12.0 Å². The van der Waals surface area contributed by atoms with E-state index in [-0.39, 0.29) is 10.3 Å². The van der Waals surface area contributed by atoms with E-state index in [1.54, 1.807) is 32.4 Å². The Hall–Kier alpha value is -1.63. The first kappa shape index (κ1) is 17.7. The van der Waals surface area contributed by atoms with Crippen LogP contribution in [0.3, 0.4) is 0 Å². The molecule has 0 unspecified atom stereocenters. The Morgan fingerprint density at radius 2 is 1.74 bits per heavy atom. The van der Waals surface area contributed by atoms with Gasteiger partial charge >= 0.3 is 0 Å². The quantitative estimate of drug-likeness (QED) is 0.879. The minimum Gasteiger partial charge on any atom is -0.496 e. The molecule has 0 radical (unpaired) electrons. The predicted molar refractivity (Wildman–Crippen MR) is 93.2 cm³/mol. The van der Waals surface area contributed by atoms with Crippen LogP contribution in [0, 0.1) is 5.41 Å². The SMILES string of the molecule is COc1ccc(S(=O)(=O)N(C)CC(C)(C)CN)c2ccccc12. The molecule has 2 rings (SSSR count). The van der Waals surface area contributed by atoms with Gasteiger partial charge in [0.2, 0.25) is 10.0 Å². The summed E-state index contributed by atoms with van der Waals surface area (Å²) in [5.41, 5.74) is 5.44. The number of hydrogen-bond acceptors (Lipinski definition) is 4. The third-order valence-corrected chi connectivity index (χ3v) is 5.82. The van der Waals surface area contributed by atoms with E-state index in [1.165, 1.54) is 4.31 Å². The Balaban J connectivity index is 2.55. The third-order valence-electron chi connectivity index (χ3n) is 3.96. The van der Waals surface area contributed by atoms with Crippen LogP contribution in [0.15, 0.2) is 41.3 Å². The van der Waals surface area contributed by atoms with Gasteiger partial charge in [-0.1, -0.05) is 38.1 Å². The number of ether oxygens (including phenoxy) is 1. The zero-order valence-corrected chi connectivity index (χ0v) is 14.9. The molecule has 0 spiro atoms. The van der Waals surface area contributed by atoms with Gasteiger partial charge in [-0.15, -0.1) is 0 Å². The van der Waals surface area contributed by atoms with Crippen LogP contribution in [0.4, 0.5) is 0 Å². The second kappa shape index (κ2) is 6.47. The van der Waals surface area contributed by atoms with Crippen molar-refractivity contribution in [2.45, 2.75) is 18.7 Å². The maximum atomic E-state index is 13.0. The second-order valence-electron chi connectivity index (χ2n) is 6.44. The molecule has 0 fully saturated rings. The normalized spacial score (nSPS) is 12.8. The summed E-state index contributed by atoms with van der Waals surface area (Å²) in [7, 11) is -0.447. The van der Waals surface area contributed by atoms with Crippen molar-refractivity contribution in [2.75, 3.05) is 27.2 Å².